The first kappa shape index (κ1) is 45.0. The Kier molecular flexibility index (Phi) is 18.2. The van der Waals surface area contributed by atoms with Gasteiger partial charge in [-0.05, 0) is 68.4 Å². The van der Waals surface area contributed by atoms with E-state index in [1.54, 1.807) is 38.1 Å². The molecule has 0 aromatic carbocycles. The fourth-order valence-electron chi connectivity index (χ4n) is 3.50. The Hall–Kier alpha value is -2.98. The van der Waals surface area contributed by atoms with Crippen LogP contribution in [-0.4, -0.2) is 44.2 Å². The van der Waals surface area contributed by atoms with E-state index in [4.69, 9.17) is 63.7 Å². The van der Waals surface area contributed by atoms with Crippen molar-refractivity contribution in [1.29, 1.82) is 0 Å². The summed E-state index contributed by atoms with van der Waals surface area (Å²) < 4.78 is 74.1. The normalized spacial score (nSPS) is 10.9. The molecular formula is C30H26Cl6F6N6O2. The van der Waals surface area contributed by atoms with Gasteiger partial charge in [-0.3, -0.25) is 19.6 Å². The Morgan fingerprint density at radius 2 is 1.16 bits per heavy atom. The van der Waals surface area contributed by atoms with Gasteiger partial charge in [0.05, 0.1) is 43.7 Å². The van der Waals surface area contributed by atoms with Crippen molar-refractivity contribution in [1.82, 2.24) is 25.3 Å². The second-order valence-corrected chi connectivity index (χ2v) is 11.6. The number of halogens is 12. The molecule has 0 spiro atoms. The van der Waals surface area contributed by atoms with Gasteiger partial charge in [0, 0.05) is 43.2 Å². The highest BCUT2D eigenvalue weighted by Crippen LogP contribution is 2.32. The third kappa shape index (κ3) is 14.3. The molecule has 272 valence electrons. The van der Waals surface area contributed by atoms with Crippen LogP contribution in [0.2, 0.25) is 20.4 Å². The van der Waals surface area contributed by atoms with Gasteiger partial charge in [-0.1, -0.05) is 46.4 Å². The predicted octanol–water partition coefficient (Wildman–Crippen LogP) is 9.18. The predicted molar refractivity (Wildman–Crippen MR) is 183 cm³/mol. The van der Waals surface area contributed by atoms with Crippen molar-refractivity contribution in [2.24, 2.45) is 5.73 Å². The Morgan fingerprint density at radius 3 is 1.52 bits per heavy atom. The van der Waals surface area contributed by atoms with Crippen molar-refractivity contribution < 1.29 is 35.9 Å². The van der Waals surface area contributed by atoms with E-state index in [1.807, 2.05) is 0 Å². The number of amides is 1. The van der Waals surface area contributed by atoms with Crippen LogP contribution < -0.4 is 11.1 Å². The van der Waals surface area contributed by atoms with Gasteiger partial charge in [-0.25, -0.2) is 9.97 Å². The number of pyridine rings is 4. The lowest BCUT2D eigenvalue weighted by atomic mass is 10.2. The number of carbonyl (C=O) groups is 2. The summed E-state index contributed by atoms with van der Waals surface area (Å²) in [5, 5.41) is 2.16. The van der Waals surface area contributed by atoms with Crippen LogP contribution in [0.4, 0.5) is 26.3 Å². The molecule has 0 saturated carbocycles. The first-order chi connectivity index (χ1) is 22.7. The lowest BCUT2D eigenvalue weighted by Crippen LogP contribution is -2.26. The molecule has 4 rings (SSSR count). The van der Waals surface area contributed by atoms with E-state index in [2.05, 4.69) is 25.3 Å². The molecule has 4 aromatic heterocycles. The second-order valence-electron chi connectivity index (χ2n) is 9.70. The largest absolute Gasteiger partial charge is 0.417 e. The summed E-state index contributed by atoms with van der Waals surface area (Å²) in [6.07, 6.45) is -6.88. The quantitative estimate of drug-likeness (QED) is 0.108. The van der Waals surface area contributed by atoms with E-state index >= 15 is 0 Å². The van der Waals surface area contributed by atoms with Gasteiger partial charge in [-0.2, -0.15) is 26.3 Å². The average Bonchev–Trinajstić information content (AvgIpc) is 2.98. The number of rotatable bonds is 7. The van der Waals surface area contributed by atoms with Crippen LogP contribution in [-0.2, 0) is 25.2 Å². The molecule has 0 aliphatic heterocycles. The summed E-state index contributed by atoms with van der Waals surface area (Å²) in [6, 6.07) is 8.10. The van der Waals surface area contributed by atoms with E-state index in [-0.39, 0.29) is 62.5 Å². The molecule has 3 N–H and O–H groups in total. The number of nitrogens with one attached hydrogen (secondary N) is 1. The standard InChI is InChI=1S/C15H12Cl2F3N3O.C8H8ClF3N2.C7H5Cl2NO.ClH/c1-8-2-3-10(13(17)23-8)14(24)21-5-4-12-11(16)6-9(7-22-12)15(18,19)20;9-6-3-5(8(10,11)12)4-14-7(6)1-2-13;1-4-2-3-5(7(9)11)6(8)10-4;/h2-3,6-7H,4-5H2,1H3,(H,21,24);3-4H,1-2,13H2;2-3H,1H3;1H. The molecule has 8 nitrogen and oxygen atoms in total. The highest BCUT2D eigenvalue weighted by atomic mass is 35.5. The third-order valence-corrected chi connectivity index (χ3v) is 7.38. The first-order valence-electron chi connectivity index (χ1n) is 13.6. The number of nitrogens with zero attached hydrogens (tertiary/aromatic N) is 4. The smallest absolute Gasteiger partial charge is 0.352 e. The van der Waals surface area contributed by atoms with Crippen molar-refractivity contribution >= 4 is 81.6 Å². The average molecular weight is 829 g/mol. The summed E-state index contributed by atoms with van der Waals surface area (Å²) in [5.41, 5.74) is 6.03. The molecule has 20 heteroatoms. The summed E-state index contributed by atoms with van der Waals surface area (Å²) in [4.78, 5) is 37.7. The zero-order chi connectivity index (χ0) is 37.1. The zero-order valence-corrected chi connectivity index (χ0v) is 30.3. The molecule has 0 unspecified atom stereocenters. The minimum Gasteiger partial charge on any atom is -0.352 e. The SMILES string of the molecule is Cc1ccc(C(=O)Cl)c(Cl)n1.Cc1ccc(C(=O)NCCc2ncc(C(F)(F)F)cc2Cl)c(Cl)n1.Cl.NCCc1ncc(C(F)(F)F)cc1Cl. The maximum Gasteiger partial charge on any atom is 0.417 e. The van der Waals surface area contributed by atoms with Crippen LogP contribution in [0.5, 0.6) is 0 Å². The summed E-state index contributed by atoms with van der Waals surface area (Å²) >= 11 is 28.1. The monoisotopic (exact) mass is 826 g/mol. The second kappa shape index (κ2) is 20.2. The molecule has 0 radical (unpaired) electrons. The zero-order valence-electron chi connectivity index (χ0n) is 25.7. The lowest BCUT2D eigenvalue weighted by Gasteiger charge is -2.10. The number of nitrogens with two attached hydrogens (primary N) is 1. The molecule has 0 saturated heterocycles. The van der Waals surface area contributed by atoms with Crippen molar-refractivity contribution in [3.63, 3.8) is 0 Å². The fourth-order valence-corrected chi connectivity index (χ4v) is 4.79. The lowest BCUT2D eigenvalue weighted by molar-refractivity contribution is -0.138. The number of hydrogen-bond acceptors (Lipinski definition) is 7. The summed E-state index contributed by atoms with van der Waals surface area (Å²) in [6.45, 7) is 3.97. The minimum absolute atomic E-state index is 0. The van der Waals surface area contributed by atoms with E-state index < -0.39 is 34.6 Å². The summed E-state index contributed by atoms with van der Waals surface area (Å²) in [7, 11) is 0. The molecule has 0 aliphatic carbocycles. The van der Waals surface area contributed by atoms with Gasteiger partial charge in [0.15, 0.2) is 0 Å². The third-order valence-electron chi connectivity index (χ3n) is 5.95. The van der Waals surface area contributed by atoms with E-state index in [1.165, 1.54) is 0 Å². The number of aromatic nitrogens is 4. The van der Waals surface area contributed by atoms with Crippen molar-refractivity contribution in [2.75, 3.05) is 13.1 Å². The van der Waals surface area contributed by atoms with Crippen molar-refractivity contribution in [3.05, 3.63) is 114 Å². The van der Waals surface area contributed by atoms with Gasteiger partial charge in [0.1, 0.15) is 10.3 Å². The Morgan fingerprint density at radius 1 is 0.740 bits per heavy atom. The van der Waals surface area contributed by atoms with E-state index in [0.717, 1.165) is 24.0 Å². The first-order valence-corrected chi connectivity index (χ1v) is 15.5. The van der Waals surface area contributed by atoms with Crippen LogP contribution in [0, 0.1) is 13.8 Å². The minimum atomic E-state index is -4.50. The van der Waals surface area contributed by atoms with Crippen LogP contribution in [0.3, 0.4) is 0 Å². The van der Waals surface area contributed by atoms with Gasteiger partial charge < -0.3 is 11.1 Å². The van der Waals surface area contributed by atoms with Crippen LogP contribution in [0.25, 0.3) is 0 Å². The molecular weight excluding hydrogens is 803 g/mol. The molecule has 4 heterocycles. The van der Waals surface area contributed by atoms with E-state index in [9.17, 15) is 35.9 Å². The molecule has 50 heavy (non-hydrogen) atoms. The maximum absolute atomic E-state index is 12.5. The molecule has 1 amide bonds. The topological polar surface area (TPSA) is 124 Å². The van der Waals surface area contributed by atoms with Crippen LogP contribution in [0.15, 0.2) is 48.8 Å². The van der Waals surface area contributed by atoms with Crippen LogP contribution >= 0.6 is 70.4 Å². The maximum atomic E-state index is 12.5. The Labute approximate surface area is 313 Å². The number of carbonyl (C=O) groups excluding carboxylic acids is 2. The highest BCUT2D eigenvalue weighted by molar-refractivity contribution is 6.68. The van der Waals surface area contributed by atoms with E-state index in [0.29, 0.717) is 30.6 Å². The highest BCUT2D eigenvalue weighted by Gasteiger charge is 2.32. The fraction of sp³-hybridized carbons (Fsp3) is 0.267. The number of aryl methyl sites for hydroxylation is 2. The Bertz CT molecular complexity index is 1780. The molecule has 0 aliphatic rings. The number of hydrogen-bond donors (Lipinski definition) is 2. The molecule has 0 bridgehead atoms. The van der Waals surface area contributed by atoms with Gasteiger partial charge in [0.2, 0.25) is 0 Å². The Balaban J connectivity index is 0.000000408. The number of alkyl halides is 6. The van der Waals surface area contributed by atoms with Crippen molar-refractivity contribution in [3.8, 4) is 0 Å². The molecule has 4 aromatic rings. The van der Waals surface area contributed by atoms with Gasteiger partial charge >= 0.3 is 12.4 Å². The van der Waals surface area contributed by atoms with Gasteiger partial charge in [-0.15, -0.1) is 12.4 Å². The molecule has 0 atom stereocenters. The van der Waals surface area contributed by atoms with Crippen LogP contribution in [0.1, 0.15) is 54.6 Å². The molecule has 0 fully saturated rings. The van der Waals surface area contributed by atoms with Gasteiger partial charge in [0.25, 0.3) is 11.1 Å². The van der Waals surface area contributed by atoms with Crippen molar-refractivity contribution in [2.45, 2.75) is 39.0 Å². The summed E-state index contributed by atoms with van der Waals surface area (Å²) in [5.74, 6) is -0.435.